The Morgan fingerprint density at radius 2 is 1.92 bits per heavy atom. The second kappa shape index (κ2) is 7.39. The zero-order chi connectivity index (χ0) is 17.1. The standard InChI is InChI=1S/C18H24N4O3/c23-16(8-5-13-3-1-2-4-13)19-14-6-7-15(18-17(14)20-25-21-18)22-9-11-24-12-10-22/h6-7,13H,1-5,8-12H2,(H,19,23). The SMILES string of the molecule is O=C(CCC1CCCC1)Nc1ccc(N2CCOCC2)c2nonc12. The van der Waals surface area contributed by atoms with Crippen molar-refractivity contribution in [2.24, 2.45) is 5.92 Å². The van der Waals surface area contributed by atoms with Crippen LogP contribution in [0.4, 0.5) is 11.4 Å². The lowest BCUT2D eigenvalue weighted by atomic mass is 10.0. The first kappa shape index (κ1) is 16.3. The minimum absolute atomic E-state index is 0.0373. The molecule has 2 aliphatic rings. The summed E-state index contributed by atoms with van der Waals surface area (Å²) in [5.41, 5.74) is 2.95. The number of rotatable bonds is 5. The van der Waals surface area contributed by atoms with Gasteiger partial charge in [0.2, 0.25) is 5.91 Å². The van der Waals surface area contributed by atoms with Crippen molar-refractivity contribution in [1.29, 1.82) is 0 Å². The first-order chi connectivity index (χ1) is 12.3. The van der Waals surface area contributed by atoms with Crippen molar-refractivity contribution < 1.29 is 14.2 Å². The number of carbonyl (C=O) groups is 1. The first-order valence-corrected chi connectivity index (χ1v) is 9.19. The molecule has 1 N–H and O–H groups in total. The highest BCUT2D eigenvalue weighted by Crippen LogP contribution is 2.31. The predicted molar refractivity (Wildman–Crippen MR) is 94.7 cm³/mol. The van der Waals surface area contributed by atoms with Gasteiger partial charge in [-0.3, -0.25) is 4.79 Å². The molecule has 1 amide bonds. The number of nitrogens with one attached hydrogen (secondary N) is 1. The summed E-state index contributed by atoms with van der Waals surface area (Å²) >= 11 is 0. The van der Waals surface area contributed by atoms with Gasteiger partial charge < -0.3 is 15.0 Å². The molecule has 2 heterocycles. The van der Waals surface area contributed by atoms with Gasteiger partial charge in [-0.2, -0.15) is 0 Å². The minimum atomic E-state index is 0.0373. The van der Waals surface area contributed by atoms with Gasteiger partial charge in [-0.05, 0) is 34.8 Å². The monoisotopic (exact) mass is 344 g/mol. The number of fused-ring (bicyclic) bond motifs is 1. The number of carbonyl (C=O) groups excluding carboxylic acids is 1. The maximum absolute atomic E-state index is 12.3. The Hall–Kier alpha value is -2.15. The number of amides is 1. The van der Waals surface area contributed by atoms with Crippen LogP contribution in [0.15, 0.2) is 16.8 Å². The third-order valence-electron chi connectivity index (χ3n) is 5.27. The van der Waals surface area contributed by atoms with Crippen LogP contribution in [-0.2, 0) is 9.53 Å². The number of morpholine rings is 1. The Labute approximate surface area is 146 Å². The lowest BCUT2D eigenvalue weighted by Gasteiger charge is -2.28. The zero-order valence-electron chi connectivity index (χ0n) is 14.4. The van der Waals surface area contributed by atoms with Crippen molar-refractivity contribution in [1.82, 2.24) is 10.3 Å². The van der Waals surface area contributed by atoms with E-state index in [9.17, 15) is 4.79 Å². The number of aromatic nitrogens is 2. The average molecular weight is 344 g/mol. The van der Waals surface area contributed by atoms with Gasteiger partial charge in [-0.1, -0.05) is 25.7 Å². The second-order valence-corrected chi connectivity index (χ2v) is 6.93. The van der Waals surface area contributed by atoms with Crippen molar-refractivity contribution in [3.63, 3.8) is 0 Å². The van der Waals surface area contributed by atoms with E-state index in [0.717, 1.165) is 25.2 Å². The van der Waals surface area contributed by atoms with Crippen LogP contribution < -0.4 is 10.2 Å². The molecule has 7 nitrogen and oxygen atoms in total. The molecular weight excluding hydrogens is 320 g/mol. The van der Waals surface area contributed by atoms with Crippen LogP contribution in [-0.4, -0.2) is 42.5 Å². The Bertz CT molecular complexity index is 733. The van der Waals surface area contributed by atoms with Gasteiger partial charge in [0.1, 0.15) is 0 Å². The number of benzene rings is 1. The van der Waals surface area contributed by atoms with E-state index in [-0.39, 0.29) is 5.91 Å². The molecule has 1 saturated carbocycles. The van der Waals surface area contributed by atoms with E-state index in [2.05, 4.69) is 20.5 Å². The second-order valence-electron chi connectivity index (χ2n) is 6.93. The number of hydrogen-bond donors (Lipinski definition) is 1. The topological polar surface area (TPSA) is 80.5 Å². The molecule has 25 heavy (non-hydrogen) atoms. The largest absolute Gasteiger partial charge is 0.378 e. The van der Waals surface area contributed by atoms with E-state index in [1.807, 2.05) is 12.1 Å². The molecule has 0 unspecified atom stereocenters. The molecule has 1 aromatic carbocycles. The third-order valence-corrected chi connectivity index (χ3v) is 5.27. The number of hydrogen-bond acceptors (Lipinski definition) is 6. The first-order valence-electron chi connectivity index (χ1n) is 9.19. The summed E-state index contributed by atoms with van der Waals surface area (Å²) in [6.45, 7) is 3.03. The Morgan fingerprint density at radius 3 is 2.72 bits per heavy atom. The van der Waals surface area contributed by atoms with Gasteiger partial charge in [0.15, 0.2) is 11.0 Å². The highest BCUT2D eigenvalue weighted by molar-refractivity contribution is 6.02. The molecule has 0 spiro atoms. The number of ether oxygens (including phenoxy) is 1. The molecule has 134 valence electrons. The fraction of sp³-hybridized carbons (Fsp3) is 0.611. The van der Waals surface area contributed by atoms with Gasteiger partial charge >= 0.3 is 0 Å². The number of nitrogens with zero attached hydrogens (tertiary/aromatic N) is 3. The van der Waals surface area contributed by atoms with Crippen LogP contribution in [0, 0.1) is 5.92 Å². The normalized spacial score (nSPS) is 18.8. The molecule has 4 rings (SSSR count). The van der Waals surface area contributed by atoms with Crippen LogP contribution in [0.5, 0.6) is 0 Å². The molecule has 1 aliphatic carbocycles. The fourth-order valence-electron chi connectivity index (χ4n) is 3.86. The van der Waals surface area contributed by atoms with Gasteiger partial charge in [-0.15, -0.1) is 0 Å². The van der Waals surface area contributed by atoms with Gasteiger partial charge in [0, 0.05) is 19.5 Å². The van der Waals surface area contributed by atoms with E-state index < -0.39 is 0 Å². The summed E-state index contributed by atoms with van der Waals surface area (Å²) < 4.78 is 10.4. The molecule has 0 radical (unpaired) electrons. The van der Waals surface area contributed by atoms with Crippen LogP contribution in [0.1, 0.15) is 38.5 Å². The molecule has 0 atom stereocenters. The molecule has 1 aliphatic heterocycles. The molecule has 7 heteroatoms. The van der Waals surface area contributed by atoms with Crippen LogP contribution in [0.3, 0.4) is 0 Å². The van der Waals surface area contributed by atoms with E-state index in [1.165, 1.54) is 25.7 Å². The molecule has 2 fully saturated rings. The summed E-state index contributed by atoms with van der Waals surface area (Å²) in [4.78, 5) is 14.5. The van der Waals surface area contributed by atoms with E-state index in [4.69, 9.17) is 9.37 Å². The third kappa shape index (κ3) is 3.61. The fourth-order valence-corrected chi connectivity index (χ4v) is 3.86. The lowest BCUT2D eigenvalue weighted by Crippen LogP contribution is -2.36. The van der Waals surface area contributed by atoms with E-state index >= 15 is 0 Å². The Kier molecular flexibility index (Phi) is 4.83. The van der Waals surface area contributed by atoms with Crippen LogP contribution in [0.25, 0.3) is 11.0 Å². The van der Waals surface area contributed by atoms with Gasteiger partial charge in [-0.25, -0.2) is 4.63 Å². The summed E-state index contributed by atoms with van der Waals surface area (Å²) in [6.07, 6.45) is 6.67. The maximum atomic E-state index is 12.3. The van der Waals surface area contributed by atoms with Crippen molar-refractivity contribution in [2.75, 3.05) is 36.5 Å². The van der Waals surface area contributed by atoms with Crippen molar-refractivity contribution in [3.05, 3.63) is 12.1 Å². The molecule has 1 aromatic heterocycles. The van der Waals surface area contributed by atoms with Crippen LogP contribution in [0.2, 0.25) is 0 Å². The summed E-state index contributed by atoms with van der Waals surface area (Å²) in [5, 5.41) is 11.0. The molecule has 2 aromatic rings. The predicted octanol–water partition coefficient (Wildman–Crippen LogP) is 2.97. The Morgan fingerprint density at radius 1 is 1.16 bits per heavy atom. The van der Waals surface area contributed by atoms with Crippen LogP contribution >= 0.6 is 0 Å². The van der Waals surface area contributed by atoms with E-state index in [1.54, 1.807) is 0 Å². The quantitative estimate of drug-likeness (QED) is 0.898. The van der Waals surface area contributed by atoms with Gasteiger partial charge in [0.25, 0.3) is 0 Å². The van der Waals surface area contributed by atoms with Crippen molar-refractivity contribution in [3.8, 4) is 0 Å². The number of anilines is 2. The zero-order valence-corrected chi connectivity index (χ0v) is 14.4. The average Bonchev–Trinajstić information content (AvgIpc) is 3.33. The highest BCUT2D eigenvalue weighted by Gasteiger charge is 2.20. The summed E-state index contributed by atoms with van der Waals surface area (Å²) in [5.74, 6) is 0.749. The summed E-state index contributed by atoms with van der Waals surface area (Å²) in [6, 6.07) is 3.87. The van der Waals surface area contributed by atoms with E-state index in [0.29, 0.717) is 42.3 Å². The van der Waals surface area contributed by atoms with Crippen molar-refractivity contribution >= 4 is 28.3 Å². The smallest absolute Gasteiger partial charge is 0.224 e. The highest BCUT2D eigenvalue weighted by atomic mass is 16.6. The van der Waals surface area contributed by atoms with Crippen molar-refractivity contribution in [2.45, 2.75) is 38.5 Å². The lowest BCUT2D eigenvalue weighted by molar-refractivity contribution is -0.116. The Balaban J connectivity index is 1.46. The van der Waals surface area contributed by atoms with Gasteiger partial charge in [0.05, 0.1) is 24.6 Å². The minimum Gasteiger partial charge on any atom is -0.378 e. The molecule has 1 saturated heterocycles. The molecule has 0 bridgehead atoms. The maximum Gasteiger partial charge on any atom is 0.224 e. The molecular formula is C18H24N4O3. The summed E-state index contributed by atoms with van der Waals surface area (Å²) in [7, 11) is 0.